The predicted molar refractivity (Wildman–Crippen MR) is 55.7 cm³/mol. The number of rotatable bonds is 0. The summed E-state index contributed by atoms with van der Waals surface area (Å²) >= 11 is 1.08. The molecule has 1 aromatic carbocycles. The van der Waals surface area contributed by atoms with E-state index in [1.54, 1.807) is 0 Å². The molecule has 0 N–H and O–H groups in total. The van der Waals surface area contributed by atoms with E-state index < -0.39 is 0 Å². The second-order valence-electron chi connectivity index (χ2n) is 2.44. The van der Waals surface area contributed by atoms with Gasteiger partial charge in [0, 0.05) is 0 Å². The Kier molecular flexibility index (Phi) is 3.37. The Morgan fingerprint density at radius 3 is 2.69 bits per heavy atom. The molecule has 0 radical (unpaired) electrons. The molecular weight excluding hydrogens is 185 g/mol. The minimum atomic E-state index is -0.356. The summed E-state index contributed by atoms with van der Waals surface area (Å²) in [5.41, 5.74) is 1.87. The first-order valence-electron chi connectivity index (χ1n) is 4.28. The van der Waals surface area contributed by atoms with Crippen molar-refractivity contribution in [1.29, 1.82) is 0 Å². The Balaban J connectivity index is 0.000000396. The molecule has 0 aliphatic carbocycles. The summed E-state index contributed by atoms with van der Waals surface area (Å²) in [5, 5.41) is -0.356. The van der Waals surface area contributed by atoms with Gasteiger partial charge in [0.2, 0.25) is 0 Å². The molecule has 13 heavy (non-hydrogen) atoms. The molecule has 0 spiro atoms. The van der Waals surface area contributed by atoms with Crippen LogP contribution < -0.4 is 0 Å². The van der Waals surface area contributed by atoms with E-state index in [0.717, 1.165) is 27.1 Å². The van der Waals surface area contributed by atoms with Gasteiger partial charge in [-0.25, -0.2) is 4.98 Å². The van der Waals surface area contributed by atoms with Gasteiger partial charge < -0.3 is 0 Å². The van der Waals surface area contributed by atoms with Crippen LogP contribution in [0.4, 0.5) is 4.39 Å². The van der Waals surface area contributed by atoms with Crippen molar-refractivity contribution in [2.45, 2.75) is 20.8 Å². The van der Waals surface area contributed by atoms with Crippen molar-refractivity contribution >= 4 is 21.6 Å². The number of aromatic nitrogens is 1. The highest BCUT2D eigenvalue weighted by Crippen LogP contribution is 2.21. The Labute approximate surface area is 81.2 Å². The maximum Gasteiger partial charge on any atom is 0.270 e. The lowest BCUT2D eigenvalue weighted by Gasteiger charge is -1.88. The third-order valence-electron chi connectivity index (χ3n) is 1.52. The Morgan fingerprint density at radius 2 is 2.00 bits per heavy atom. The molecule has 0 saturated carbocycles. The molecule has 0 aliphatic rings. The van der Waals surface area contributed by atoms with Crippen LogP contribution in [0.2, 0.25) is 0 Å². The first-order chi connectivity index (χ1) is 6.25. The molecule has 0 bridgehead atoms. The highest BCUT2D eigenvalue weighted by Gasteiger charge is 2.00. The third-order valence-corrected chi connectivity index (χ3v) is 2.34. The summed E-state index contributed by atoms with van der Waals surface area (Å²) in [6.45, 7) is 5.97. The molecule has 0 atom stereocenters. The number of hydrogen-bond acceptors (Lipinski definition) is 2. The smallest absolute Gasteiger partial charge is 0.209 e. The van der Waals surface area contributed by atoms with Gasteiger partial charge in [0.1, 0.15) is 0 Å². The van der Waals surface area contributed by atoms with Crippen molar-refractivity contribution in [2.75, 3.05) is 0 Å². The summed E-state index contributed by atoms with van der Waals surface area (Å²) in [6.07, 6.45) is 0. The molecular formula is C10H12FNS. The summed E-state index contributed by atoms with van der Waals surface area (Å²) in [4.78, 5) is 3.73. The highest BCUT2D eigenvalue weighted by atomic mass is 32.1. The zero-order valence-corrected chi connectivity index (χ0v) is 8.78. The first-order valence-corrected chi connectivity index (χ1v) is 5.10. The number of fused-ring (bicyclic) bond motifs is 1. The number of aryl methyl sites for hydroxylation is 1. The number of halogens is 1. The quantitative estimate of drug-likeness (QED) is 0.626. The number of benzene rings is 1. The fourth-order valence-electron chi connectivity index (χ4n) is 1.01. The van der Waals surface area contributed by atoms with E-state index in [1.807, 2.05) is 39.0 Å². The molecule has 70 valence electrons. The second-order valence-corrected chi connectivity index (χ2v) is 3.42. The van der Waals surface area contributed by atoms with Crippen LogP contribution in [-0.2, 0) is 0 Å². The minimum Gasteiger partial charge on any atom is -0.209 e. The van der Waals surface area contributed by atoms with Crippen molar-refractivity contribution in [3.05, 3.63) is 29.0 Å². The summed E-state index contributed by atoms with van der Waals surface area (Å²) < 4.78 is 13.5. The average Bonchev–Trinajstić information content (AvgIpc) is 2.48. The molecule has 2 rings (SSSR count). The summed E-state index contributed by atoms with van der Waals surface area (Å²) in [7, 11) is 0. The standard InChI is InChI=1S/C8H6FNS.C2H6/c1-5-2-3-7-6(4-5)10-8(9)11-7;1-2/h2-4H,1H3;1-2H3. The van der Waals surface area contributed by atoms with Gasteiger partial charge in [-0.05, 0) is 24.6 Å². The molecule has 0 saturated heterocycles. The lowest BCUT2D eigenvalue weighted by atomic mass is 10.2. The van der Waals surface area contributed by atoms with Crippen molar-refractivity contribution in [3.8, 4) is 0 Å². The SMILES string of the molecule is CC.Cc1ccc2sc(F)nc2c1. The Morgan fingerprint density at radius 1 is 1.31 bits per heavy atom. The van der Waals surface area contributed by atoms with Crippen LogP contribution in [0.3, 0.4) is 0 Å². The molecule has 3 heteroatoms. The largest absolute Gasteiger partial charge is 0.270 e. The minimum absolute atomic E-state index is 0.356. The van der Waals surface area contributed by atoms with E-state index >= 15 is 0 Å². The fraction of sp³-hybridized carbons (Fsp3) is 0.300. The topological polar surface area (TPSA) is 12.9 Å². The van der Waals surface area contributed by atoms with E-state index in [2.05, 4.69) is 4.98 Å². The van der Waals surface area contributed by atoms with Crippen molar-refractivity contribution in [1.82, 2.24) is 4.98 Å². The maximum atomic E-state index is 12.6. The fourth-order valence-corrected chi connectivity index (χ4v) is 1.68. The van der Waals surface area contributed by atoms with Gasteiger partial charge in [-0.3, -0.25) is 0 Å². The lowest BCUT2D eigenvalue weighted by Crippen LogP contribution is -1.71. The first kappa shape index (κ1) is 10.1. The molecule has 0 unspecified atom stereocenters. The van der Waals surface area contributed by atoms with Crippen LogP contribution in [0.1, 0.15) is 19.4 Å². The maximum absolute atomic E-state index is 12.6. The van der Waals surface area contributed by atoms with Gasteiger partial charge in [-0.15, -0.1) is 0 Å². The number of hydrogen-bond donors (Lipinski definition) is 0. The van der Waals surface area contributed by atoms with E-state index in [1.165, 1.54) is 0 Å². The van der Waals surface area contributed by atoms with Gasteiger partial charge in [-0.2, -0.15) is 4.39 Å². The normalized spacial score (nSPS) is 9.54. The van der Waals surface area contributed by atoms with Crippen molar-refractivity contribution in [3.63, 3.8) is 0 Å². The zero-order chi connectivity index (χ0) is 9.84. The lowest BCUT2D eigenvalue weighted by molar-refractivity contribution is 0.620. The molecule has 0 aliphatic heterocycles. The monoisotopic (exact) mass is 197 g/mol. The van der Waals surface area contributed by atoms with Crippen LogP contribution in [-0.4, -0.2) is 4.98 Å². The molecule has 2 aromatic rings. The number of thiazole rings is 1. The van der Waals surface area contributed by atoms with Crippen LogP contribution >= 0.6 is 11.3 Å². The molecule has 1 nitrogen and oxygen atoms in total. The predicted octanol–water partition coefficient (Wildman–Crippen LogP) is 3.77. The molecule has 1 heterocycles. The van der Waals surface area contributed by atoms with E-state index in [0.29, 0.717) is 0 Å². The van der Waals surface area contributed by atoms with Crippen molar-refractivity contribution in [2.24, 2.45) is 0 Å². The Bertz CT molecular complexity index is 395. The van der Waals surface area contributed by atoms with Gasteiger partial charge in [0.15, 0.2) is 0 Å². The number of nitrogens with zero attached hydrogens (tertiary/aromatic N) is 1. The molecule has 0 amide bonds. The summed E-state index contributed by atoms with van der Waals surface area (Å²) in [6, 6.07) is 5.74. The van der Waals surface area contributed by atoms with E-state index in [-0.39, 0.29) is 5.26 Å². The van der Waals surface area contributed by atoms with E-state index in [9.17, 15) is 4.39 Å². The van der Waals surface area contributed by atoms with Gasteiger partial charge >= 0.3 is 0 Å². The summed E-state index contributed by atoms with van der Waals surface area (Å²) in [5.74, 6) is 0. The van der Waals surface area contributed by atoms with Crippen molar-refractivity contribution < 1.29 is 4.39 Å². The molecule has 1 aromatic heterocycles. The van der Waals surface area contributed by atoms with Crippen LogP contribution in [0.5, 0.6) is 0 Å². The third kappa shape index (κ3) is 2.25. The van der Waals surface area contributed by atoms with E-state index in [4.69, 9.17) is 0 Å². The van der Waals surface area contributed by atoms with Gasteiger partial charge in [-0.1, -0.05) is 31.3 Å². The highest BCUT2D eigenvalue weighted by molar-refractivity contribution is 7.17. The van der Waals surface area contributed by atoms with Crippen LogP contribution in [0.15, 0.2) is 18.2 Å². The van der Waals surface area contributed by atoms with Gasteiger partial charge in [0.25, 0.3) is 5.26 Å². The average molecular weight is 197 g/mol. The Hall–Kier alpha value is -0.960. The van der Waals surface area contributed by atoms with Crippen LogP contribution in [0, 0.1) is 12.2 Å². The zero-order valence-electron chi connectivity index (χ0n) is 7.97. The van der Waals surface area contributed by atoms with Gasteiger partial charge in [0.05, 0.1) is 10.2 Å². The molecule has 0 fully saturated rings. The van der Waals surface area contributed by atoms with Crippen LogP contribution in [0.25, 0.3) is 10.2 Å². The second kappa shape index (κ2) is 4.33.